The van der Waals surface area contributed by atoms with Gasteiger partial charge in [-0.25, -0.2) is 0 Å². The van der Waals surface area contributed by atoms with Crippen LogP contribution in [0, 0.1) is 0 Å². The maximum atomic E-state index is 4.14. The zero-order valence-corrected chi connectivity index (χ0v) is 5.31. The fraction of sp³-hybridized carbons (Fsp3) is 0.500. The molecule has 0 unspecified atom stereocenters. The molecule has 0 spiro atoms. The van der Waals surface area contributed by atoms with Crippen molar-refractivity contribution < 1.29 is 0 Å². The smallest absolute Gasteiger partial charge is 0.100 e. The molecule has 44 valence electrons. The van der Waals surface area contributed by atoms with Crippen molar-refractivity contribution in [2.75, 3.05) is 13.6 Å². The molecular weight excluding hydrogens is 100 g/mol. The van der Waals surface area contributed by atoms with Gasteiger partial charge in [0.25, 0.3) is 0 Å². The highest BCUT2D eigenvalue weighted by atomic mass is 15.2. The van der Waals surface area contributed by atoms with Crippen LogP contribution in [0.3, 0.4) is 0 Å². The highest BCUT2D eigenvalue weighted by Crippen LogP contribution is 2.07. The van der Waals surface area contributed by atoms with Crippen molar-refractivity contribution >= 4 is 5.84 Å². The second kappa shape index (κ2) is 1.62. The number of aliphatic imine (C=N–C) groups is 1. The van der Waals surface area contributed by atoms with Crippen LogP contribution in [0.4, 0.5) is 0 Å². The van der Waals surface area contributed by atoms with Crippen molar-refractivity contribution in [3.05, 3.63) is 12.3 Å². The van der Waals surface area contributed by atoms with Gasteiger partial charge in [0, 0.05) is 12.7 Å². The number of amidine groups is 1. The van der Waals surface area contributed by atoms with Crippen molar-refractivity contribution in [3.63, 3.8) is 0 Å². The summed E-state index contributed by atoms with van der Waals surface area (Å²) in [5.74, 6) is 1.06. The number of likely N-dealkylation sites (N-methyl/N-ethyl adjacent to an activating group) is 1. The summed E-state index contributed by atoms with van der Waals surface area (Å²) in [6.45, 7) is 6.56. The molecule has 1 rings (SSSR count). The van der Waals surface area contributed by atoms with Crippen LogP contribution in [-0.4, -0.2) is 24.3 Å². The molecule has 0 N–H and O–H groups in total. The second-order valence-corrected chi connectivity index (χ2v) is 1.99. The third-order valence-electron chi connectivity index (χ3n) is 1.45. The lowest BCUT2D eigenvalue weighted by atomic mass is 10.5. The van der Waals surface area contributed by atoms with Crippen molar-refractivity contribution in [2.45, 2.75) is 6.92 Å². The Morgan fingerprint density at radius 1 is 1.75 bits per heavy atom. The van der Waals surface area contributed by atoms with Crippen LogP contribution < -0.4 is 0 Å². The molecule has 0 saturated carbocycles. The fourth-order valence-corrected chi connectivity index (χ4v) is 0.647. The van der Waals surface area contributed by atoms with Crippen LogP contribution in [0.1, 0.15) is 6.92 Å². The number of hydrogen-bond acceptors (Lipinski definition) is 2. The van der Waals surface area contributed by atoms with Crippen LogP contribution in [-0.2, 0) is 0 Å². The Hall–Kier alpha value is -0.790. The van der Waals surface area contributed by atoms with Gasteiger partial charge in [-0.1, -0.05) is 6.58 Å². The molecule has 8 heavy (non-hydrogen) atoms. The van der Waals surface area contributed by atoms with Gasteiger partial charge in [-0.05, 0) is 6.92 Å². The first-order valence-corrected chi connectivity index (χ1v) is 2.64. The quantitative estimate of drug-likeness (QED) is 0.451. The molecule has 2 heteroatoms. The molecule has 0 aliphatic carbocycles. The summed E-state index contributed by atoms with van der Waals surface area (Å²) in [5.41, 5.74) is 1.09. The van der Waals surface area contributed by atoms with E-state index in [1.807, 2.05) is 18.9 Å². The summed E-state index contributed by atoms with van der Waals surface area (Å²) in [5, 5.41) is 0. The van der Waals surface area contributed by atoms with E-state index in [4.69, 9.17) is 0 Å². The number of rotatable bonds is 0. The average Bonchev–Trinajstić information content (AvgIpc) is 1.98. The molecule has 1 aliphatic heterocycles. The van der Waals surface area contributed by atoms with Gasteiger partial charge in [-0.3, -0.25) is 4.99 Å². The maximum absolute atomic E-state index is 4.14. The molecule has 0 aromatic rings. The third-order valence-corrected chi connectivity index (χ3v) is 1.45. The number of hydrogen-bond donors (Lipinski definition) is 0. The minimum atomic E-state index is 0.780. The summed E-state index contributed by atoms with van der Waals surface area (Å²) >= 11 is 0. The highest BCUT2D eigenvalue weighted by Gasteiger charge is 2.09. The predicted molar refractivity (Wildman–Crippen MR) is 34.9 cm³/mol. The lowest BCUT2D eigenvalue weighted by molar-refractivity contribution is 0.650. The summed E-state index contributed by atoms with van der Waals surface area (Å²) < 4.78 is 0. The first kappa shape index (κ1) is 5.35. The van der Waals surface area contributed by atoms with Gasteiger partial charge in [-0.2, -0.15) is 0 Å². The first-order valence-electron chi connectivity index (χ1n) is 2.64. The summed E-state index contributed by atoms with van der Waals surface area (Å²) in [4.78, 5) is 6.14. The molecule has 0 aromatic carbocycles. The Morgan fingerprint density at radius 3 is 2.50 bits per heavy atom. The van der Waals surface area contributed by atoms with Crippen LogP contribution in [0.2, 0.25) is 0 Å². The van der Waals surface area contributed by atoms with Gasteiger partial charge in [0.2, 0.25) is 0 Å². The molecule has 0 radical (unpaired) electrons. The van der Waals surface area contributed by atoms with Gasteiger partial charge in [0.15, 0.2) is 0 Å². The fourth-order valence-electron chi connectivity index (χ4n) is 0.647. The highest BCUT2D eigenvalue weighted by molar-refractivity contribution is 5.83. The first-order chi connectivity index (χ1) is 3.72. The van der Waals surface area contributed by atoms with Gasteiger partial charge in [0.1, 0.15) is 5.84 Å². The largest absolute Gasteiger partial charge is 0.336 e. The maximum Gasteiger partial charge on any atom is 0.100 e. The molecule has 2 nitrogen and oxygen atoms in total. The summed E-state index contributed by atoms with van der Waals surface area (Å²) in [6, 6.07) is 0. The van der Waals surface area contributed by atoms with E-state index < -0.39 is 0 Å². The van der Waals surface area contributed by atoms with E-state index in [2.05, 4.69) is 11.6 Å². The minimum absolute atomic E-state index is 0.780. The minimum Gasteiger partial charge on any atom is -0.336 e. The van der Waals surface area contributed by atoms with Gasteiger partial charge in [-0.15, -0.1) is 0 Å². The molecule has 1 aliphatic rings. The van der Waals surface area contributed by atoms with Gasteiger partial charge in [0.05, 0.1) is 6.54 Å². The standard InChI is InChI=1S/C6H10N2/c1-5-4-7-6(2)8(5)3/h1,4H2,2-3H3. The van der Waals surface area contributed by atoms with E-state index in [1.165, 1.54) is 0 Å². The molecule has 1 heterocycles. The van der Waals surface area contributed by atoms with Crippen molar-refractivity contribution in [1.82, 2.24) is 4.90 Å². The van der Waals surface area contributed by atoms with E-state index in [9.17, 15) is 0 Å². The normalized spacial score (nSPS) is 19.5. The van der Waals surface area contributed by atoms with E-state index in [-0.39, 0.29) is 0 Å². The van der Waals surface area contributed by atoms with Gasteiger partial charge < -0.3 is 4.90 Å². The zero-order valence-electron chi connectivity index (χ0n) is 5.31. The van der Waals surface area contributed by atoms with E-state index in [0.717, 1.165) is 18.1 Å². The third kappa shape index (κ3) is 0.619. The van der Waals surface area contributed by atoms with Crippen LogP contribution in [0.15, 0.2) is 17.3 Å². The second-order valence-electron chi connectivity index (χ2n) is 1.99. The molecule has 0 aromatic heterocycles. The van der Waals surface area contributed by atoms with Gasteiger partial charge >= 0.3 is 0 Å². The van der Waals surface area contributed by atoms with Crippen LogP contribution in [0.25, 0.3) is 0 Å². The predicted octanol–water partition coefficient (Wildman–Crippen LogP) is 0.864. The Bertz CT molecular complexity index is 147. The van der Waals surface area contributed by atoms with E-state index in [1.54, 1.807) is 0 Å². The zero-order chi connectivity index (χ0) is 6.15. The lowest BCUT2D eigenvalue weighted by Crippen LogP contribution is -2.16. The molecule has 0 saturated heterocycles. The molecule has 0 amide bonds. The molecular formula is C6H10N2. The number of nitrogens with zero attached hydrogens (tertiary/aromatic N) is 2. The Balaban J connectivity index is 2.72. The van der Waals surface area contributed by atoms with Crippen LogP contribution in [0.5, 0.6) is 0 Å². The van der Waals surface area contributed by atoms with Crippen molar-refractivity contribution in [3.8, 4) is 0 Å². The van der Waals surface area contributed by atoms with Crippen LogP contribution >= 0.6 is 0 Å². The molecule has 0 atom stereocenters. The topological polar surface area (TPSA) is 15.6 Å². The SMILES string of the molecule is C=C1CN=C(C)N1C. The average molecular weight is 110 g/mol. The van der Waals surface area contributed by atoms with Crippen molar-refractivity contribution in [2.24, 2.45) is 4.99 Å². The monoisotopic (exact) mass is 110 g/mol. The van der Waals surface area contributed by atoms with E-state index in [0.29, 0.717) is 0 Å². The Labute approximate surface area is 49.5 Å². The van der Waals surface area contributed by atoms with E-state index >= 15 is 0 Å². The lowest BCUT2D eigenvalue weighted by Gasteiger charge is -2.10. The summed E-state index contributed by atoms with van der Waals surface area (Å²) in [6.07, 6.45) is 0. The molecule has 0 fully saturated rings. The van der Waals surface area contributed by atoms with Crippen molar-refractivity contribution in [1.29, 1.82) is 0 Å². The summed E-state index contributed by atoms with van der Waals surface area (Å²) in [7, 11) is 1.98. The Morgan fingerprint density at radius 2 is 2.38 bits per heavy atom. The molecule has 0 bridgehead atoms. The Kier molecular flexibility index (Phi) is 1.08.